The normalized spacial score (nSPS) is 17.9. The van der Waals surface area contributed by atoms with E-state index in [1.807, 2.05) is 0 Å². The molecule has 0 bridgehead atoms. The molecule has 1 aromatic rings. The summed E-state index contributed by atoms with van der Waals surface area (Å²) in [5, 5.41) is 2.58. The first-order chi connectivity index (χ1) is 11.7. The Morgan fingerprint density at radius 1 is 1.32 bits per heavy atom. The van der Waals surface area contributed by atoms with Gasteiger partial charge in [0.1, 0.15) is 17.5 Å². The quantitative estimate of drug-likeness (QED) is 0.905. The van der Waals surface area contributed by atoms with Crippen LogP contribution in [0.1, 0.15) is 38.9 Å². The number of morpholine rings is 1. The van der Waals surface area contributed by atoms with E-state index in [1.165, 1.54) is 12.1 Å². The zero-order valence-corrected chi connectivity index (χ0v) is 14.9. The number of halogens is 1. The Labute approximate surface area is 147 Å². The Morgan fingerprint density at radius 2 is 2.00 bits per heavy atom. The number of nitrogens with one attached hydrogen (secondary N) is 1. The van der Waals surface area contributed by atoms with Crippen LogP contribution in [0.25, 0.3) is 0 Å². The van der Waals surface area contributed by atoms with Crippen LogP contribution in [0.3, 0.4) is 0 Å². The van der Waals surface area contributed by atoms with Gasteiger partial charge < -0.3 is 19.7 Å². The van der Waals surface area contributed by atoms with Crippen molar-refractivity contribution < 1.29 is 23.5 Å². The van der Waals surface area contributed by atoms with Crippen LogP contribution in [0.15, 0.2) is 24.3 Å². The van der Waals surface area contributed by atoms with E-state index in [1.54, 1.807) is 37.8 Å². The molecule has 1 unspecified atom stereocenters. The molecule has 0 aromatic heterocycles. The van der Waals surface area contributed by atoms with Gasteiger partial charge in [0.25, 0.3) is 0 Å². The van der Waals surface area contributed by atoms with E-state index in [4.69, 9.17) is 9.47 Å². The fourth-order valence-electron chi connectivity index (χ4n) is 2.50. The summed E-state index contributed by atoms with van der Waals surface area (Å²) in [5.74, 6) is -0.368. The lowest BCUT2D eigenvalue weighted by atomic mass is 10.1. The Kier molecular flexibility index (Phi) is 6.36. The third-order valence-corrected chi connectivity index (χ3v) is 3.67. The third kappa shape index (κ3) is 6.34. The van der Waals surface area contributed by atoms with Crippen molar-refractivity contribution in [2.45, 2.75) is 38.9 Å². The van der Waals surface area contributed by atoms with Gasteiger partial charge >= 0.3 is 6.09 Å². The maximum Gasteiger partial charge on any atom is 0.407 e. The SMILES string of the molecule is CC(C)(C)OC(=O)NCCC(=O)N1CCOC(c2ccc(F)cc2)C1. The number of rotatable bonds is 4. The molecule has 7 heteroatoms. The smallest absolute Gasteiger partial charge is 0.407 e. The average Bonchev–Trinajstić information content (AvgIpc) is 2.54. The number of amides is 2. The van der Waals surface area contributed by atoms with Crippen molar-refractivity contribution in [3.63, 3.8) is 0 Å². The molecule has 0 radical (unpaired) electrons. The van der Waals surface area contributed by atoms with Crippen molar-refractivity contribution in [1.82, 2.24) is 10.2 Å². The van der Waals surface area contributed by atoms with E-state index in [0.717, 1.165) is 5.56 Å². The molecule has 1 heterocycles. The molecule has 0 saturated carbocycles. The van der Waals surface area contributed by atoms with Gasteiger partial charge in [-0.25, -0.2) is 9.18 Å². The summed E-state index contributed by atoms with van der Waals surface area (Å²) in [6.07, 6.45) is -0.612. The predicted molar refractivity (Wildman–Crippen MR) is 90.5 cm³/mol. The molecule has 1 aliphatic heterocycles. The molecular formula is C18H25FN2O4. The van der Waals surface area contributed by atoms with Crippen molar-refractivity contribution in [1.29, 1.82) is 0 Å². The largest absolute Gasteiger partial charge is 0.444 e. The fraction of sp³-hybridized carbons (Fsp3) is 0.556. The summed E-state index contributed by atoms with van der Waals surface area (Å²) in [5.41, 5.74) is 0.270. The highest BCUT2D eigenvalue weighted by atomic mass is 19.1. The zero-order chi connectivity index (χ0) is 18.4. The van der Waals surface area contributed by atoms with Crippen LogP contribution < -0.4 is 5.32 Å². The molecular weight excluding hydrogens is 327 g/mol. The summed E-state index contributed by atoms with van der Waals surface area (Å²) < 4.78 is 23.8. The molecule has 1 aromatic carbocycles. The second-order valence-corrected chi connectivity index (χ2v) is 6.93. The molecule has 1 aliphatic rings. The van der Waals surface area contributed by atoms with E-state index in [0.29, 0.717) is 19.7 Å². The van der Waals surface area contributed by atoms with Gasteiger partial charge in [0.05, 0.1) is 13.2 Å². The van der Waals surface area contributed by atoms with Crippen LogP contribution in [-0.4, -0.2) is 48.7 Å². The minimum Gasteiger partial charge on any atom is -0.444 e. The zero-order valence-electron chi connectivity index (χ0n) is 14.9. The lowest BCUT2D eigenvalue weighted by Crippen LogP contribution is -2.43. The van der Waals surface area contributed by atoms with Crippen molar-refractivity contribution >= 4 is 12.0 Å². The summed E-state index contributed by atoms with van der Waals surface area (Å²) in [6, 6.07) is 6.09. The fourth-order valence-corrected chi connectivity index (χ4v) is 2.50. The molecule has 2 amide bonds. The molecule has 1 N–H and O–H groups in total. The predicted octanol–water partition coefficient (Wildman–Crippen LogP) is 2.64. The van der Waals surface area contributed by atoms with Crippen LogP contribution in [0.2, 0.25) is 0 Å². The van der Waals surface area contributed by atoms with Crippen LogP contribution in [0.4, 0.5) is 9.18 Å². The van der Waals surface area contributed by atoms with Gasteiger partial charge in [-0.15, -0.1) is 0 Å². The van der Waals surface area contributed by atoms with Crippen LogP contribution >= 0.6 is 0 Å². The third-order valence-electron chi connectivity index (χ3n) is 3.67. The van der Waals surface area contributed by atoms with Gasteiger partial charge in [-0.3, -0.25) is 4.79 Å². The number of ether oxygens (including phenoxy) is 2. The summed E-state index contributed by atoms with van der Waals surface area (Å²) >= 11 is 0. The van der Waals surface area contributed by atoms with Gasteiger partial charge in [0.15, 0.2) is 0 Å². The lowest BCUT2D eigenvalue weighted by molar-refractivity contribution is -0.138. The average molecular weight is 352 g/mol. The highest BCUT2D eigenvalue weighted by Crippen LogP contribution is 2.22. The summed E-state index contributed by atoms with van der Waals surface area (Å²) in [6.45, 7) is 6.89. The molecule has 1 fully saturated rings. The van der Waals surface area contributed by atoms with E-state index in [2.05, 4.69) is 5.32 Å². The standard InChI is InChI=1S/C18H25FN2O4/c1-18(2,3)25-17(23)20-9-8-16(22)21-10-11-24-15(12-21)13-4-6-14(19)7-5-13/h4-7,15H,8-12H2,1-3H3,(H,20,23). The molecule has 6 nitrogen and oxygen atoms in total. The van der Waals surface area contributed by atoms with Crippen LogP contribution in [-0.2, 0) is 14.3 Å². The Bertz CT molecular complexity index is 598. The maximum atomic E-state index is 13.0. The van der Waals surface area contributed by atoms with Crippen molar-refractivity contribution in [3.05, 3.63) is 35.6 Å². The van der Waals surface area contributed by atoms with E-state index in [9.17, 15) is 14.0 Å². The van der Waals surface area contributed by atoms with Crippen molar-refractivity contribution in [2.75, 3.05) is 26.2 Å². The number of hydrogen-bond donors (Lipinski definition) is 1. The molecule has 25 heavy (non-hydrogen) atoms. The Morgan fingerprint density at radius 3 is 2.64 bits per heavy atom. The van der Waals surface area contributed by atoms with Gasteiger partial charge in [0, 0.05) is 19.5 Å². The summed E-state index contributed by atoms with van der Waals surface area (Å²) in [4.78, 5) is 25.6. The Hall–Kier alpha value is -2.15. The number of carbonyl (C=O) groups excluding carboxylic acids is 2. The molecule has 1 saturated heterocycles. The second kappa shape index (κ2) is 8.29. The first-order valence-corrected chi connectivity index (χ1v) is 8.36. The second-order valence-electron chi connectivity index (χ2n) is 6.93. The highest BCUT2D eigenvalue weighted by Gasteiger charge is 2.25. The molecule has 1 atom stereocenters. The summed E-state index contributed by atoms with van der Waals surface area (Å²) in [7, 11) is 0. The minimum atomic E-state index is -0.569. The van der Waals surface area contributed by atoms with E-state index in [-0.39, 0.29) is 30.8 Å². The highest BCUT2D eigenvalue weighted by molar-refractivity contribution is 5.77. The van der Waals surface area contributed by atoms with Crippen molar-refractivity contribution in [2.24, 2.45) is 0 Å². The minimum absolute atomic E-state index is 0.0635. The topological polar surface area (TPSA) is 67.9 Å². The van der Waals surface area contributed by atoms with Crippen LogP contribution in [0.5, 0.6) is 0 Å². The Balaban J connectivity index is 1.79. The van der Waals surface area contributed by atoms with Gasteiger partial charge in [-0.2, -0.15) is 0 Å². The molecule has 0 aliphatic carbocycles. The van der Waals surface area contributed by atoms with E-state index >= 15 is 0 Å². The van der Waals surface area contributed by atoms with E-state index < -0.39 is 11.7 Å². The van der Waals surface area contributed by atoms with Crippen molar-refractivity contribution in [3.8, 4) is 0 Å². The first-order valence-electron chi connectivity index (χ1n) is 8.36. The van der Waals surface area contributed by atoms with Gasteiger partial charge in [-0.1, -0.05) is 12.1 Å². The lowest BCUT2D eigenvalue weighted by Gasteiger charge is -2.33. The first kappa shape index (κ1) is 19.2. The monoisotopic (exact) mass is 352 g/mol. The van der Waals surface area contributed by atoms with Gasteiger partial charge in [-0.05, 0) is 38.5 Å². The number of hydrogen-bond acceptors (Lipinski definition) is 4. The molecule has 0 spiro atoms. The number of alkyl carbamates (subject to hydrolysis) is 1. The molecule has 2 rings (SSSR count). The van der Waals surface area contributed by atoms with Crippen LogP contribution in [0, 0.1) is 5.82 Å². The molecule has 138 valence electrons. The number of benzene rings is 1. The number of nitrogens with zero attached hydrogens (tertiary/aromatic N) is 1. The van der Waals surface area contributed by atoms with Gasteiger partial charge in [0.2, 0.25) is 5.91 Å². The maximum absolute atomic E-state index is 13.0. The number of carbonyl (C=O) groups is 2.